The maximum Gasteiger partial charge on any atom is 0.246 e. The van der Waals surface area contributed by atoms with E-state index in [9.17, 15) is 52.2 Å². The zero-order chi connectivity index (χ0) is 62.7. The average Bonchev–Trinajstić information content (AvgIpc) is 3.23. The minimum Gasteiger partial charge on any atom is -0.508 e. The number of phenols is 1. The van der Waals surface area contributed by atoms with Gasteiger partial charge >= 0.3 is 0 Å². The highest BCUT2D eigenvalue weighted by atomic mass is 32.2. The van der Waals surface area contributed by atoms with Crippen molar-refractivity contribution in [3.05, 3.63) is 137 Å². The molecule has 7 atom stereocenters. The summed E-state index contributed by atoms with van der Waals surface area (Å²) in [5, 5.41) is 27.6. The van der Waals surface area contributed by atoms with Crippen molar-refractivity contribution < 1.29 is 57.0 Å². The first-order chi connectivity index (χ1) is 43.0. The molecule has 89 heavy (non-hydrogen) atoms. The van der Waals surface area contributed by atoms with Crippen LogP contribution in [0.2, 0.25) is 0 Å². The van der Waals surface area contributed by atoms with E-state index in [0.717, 1.165) is 11.1 Å². The number of hydrogen-bond donors (Lipinski definition) is 9. The molecule has 2 bridgehead atoms. The number of fused-ring (bicyclic) bond motifs is 7. The molecule has 3 saturated heterocycles. The van der Waals surface area contributed by atoms with Crippen LogP contribution in [-0.2, 0) is 73.9 Å². The highest BCUT2D eigenvalue weighted by Crippen LogP contribution is 2.28. The zero-order valence-corrected chi connectivity index (χ0v) is 50.9. The van der Waals surface area contributed by atoms with Crippen LogP contribution in [0.25, 0.3) is 21.8 Å². The summed E-state index contributed by atoms with van der Waals surface area (Å²) in [6.07, 6.45) is 5.23. The monoisotopic (exact) mass is 1260 g/mol. The van der Waals surface area contributed by atoms with Crippen molar-refractivity contribution in [1.82, 2.24) is 56.6 Å². The number of aromatic amines is 2. The second-order valence-electron chi connectivity index (χ2n) is 23.1. The Labute approximate surface area is 521 Å². The fourth-order valence-electron chi connectivity index (χ4n) is 12.2. The van der Waals surface area contributed by atoms with Crippen molar-refractivity contribution in [2.75, 3.05) is 44.2 Å². The summed E-state index contributed by atoms with van der Waals surface area (Å²) >= 11 is 3.23. The number of benzene rings is 4. The summed E-state index contributed by atoms with van der Waals surface area (Å²) in [7, 11) is 0. The van der Waals surface area contributed by atoms with Crippen LogP contribution in [0.3, 0.4) is 0 Å². The van der Waals surface area contributed by atoms with E-state index >= 15 is 4.79 Å². The van der Waals surface area contributed by atoms with E-state index in [4.69, 9.17) is 0 Å². The molecule has 0 spiro atoms. The molecule has 0 aliphatic carbocycles. The Hall–Kier alpha value is -8.45. The van der Waals surface area contributed by atoms with Gasteiger partial charge in [0.2, 0.25) is 53.2 Å². The second kappa shape index (κ2) is 29.2. The smallest absolute Gasteiger partial charge is 0.246 e. The Balaban J connectivity index is 0.919. The van der Waals surface area contributed by atoms with Gasteiger partial charge < -0.3 is 61.7 Å². The summed E-state index contributed by atoms with van der Waals surface area (Å²) in [5.74, 6) is -4.10. The van der Waals surface area contributed by atoms with Gasteiger partial charge in [-0.15, -0.1) is 0 Å². The average molecular weight is 1260 g/mol. The Kier molecular flexibility index (Phi) is 20.9. The molecule has 25 heteroatoms. The summed E-state index contributed by atoms with van der Waals surface area (Å²) in [4.78, 5) is 139. The Morgan fingerprint density at radius 1 is 0.539 bits per heavy atom. The van der Waals surface area contributed by atoms with Crippen molar-refractivity contribution in [2.45, 2.75) is 125 Å². The zero-order valence-electron chi connectivity index (χ0n) is 49.2. The standard InChI is InChI=1S/C64H73F2N11O10S2/c1-37-58(81)73-51(27-38-11-15-45(78)16-12-38)63(86)76-22-4-9-54(76)60(83)67-20-25-89-36-40-7-2-6-39(26-40)35-88-24-19-57(80)75-21-3-8-53(75)61(84)70-34-56(79)72-50(28-41-32-68-48-17-13-43(65)30-46(41)48)59(82)74-52(64(87)77-23-5-10-55(77)62(85)71-37)29-42-33-69-49-18-14-44(66)31-47(42)49/h2,6-7,11-18,26,30-33,37,50-55,68-69,78H,3-5,8-10,19-25,27-29,34-36H2,1H3,(H,67,83)(H,70,84)(H,71,85)(H,72,79)(H,73,81)(H,74,82)/t37-,50-,51-,52-,53+,54-,55-/m0/s1. The molecule has 4 aromatic carbocycles. The molecular formula is C64H73F2N11O10S2. The van der Waals surface area contributed by atoms with Gasteiger partial charge in [0.1, 0.15) is 59.7 Å². The molecule has 2 aromatic heterocycles. The van der Waals surface area contributed by atoms with Gasteiger partial charge in [-0.05, 0) is 122 Å². The largest absolute Gasteiger partial charge is 0.508 e. The first-order valence-corrected chi connectivity index (χ1v) is 32.5. The number of phenolic OH excluding ortho intramolecular Hbond substituents is 1. The molecule has 4 aliphatic rings. The van der Waals surface area contributed by atoms with Crippen LogP contribution in [0.15, 0.2) is 97.3 Å². The van der Waals surface area contributed by atoms with Gasteiger partial charge in [0.25, 0.3) is 0 Å². The highest BCUT2D eigenvalue weighted by molar-refractivity contribution is 7.98. The van der Waals surface area contributed by atoms with Gasteiger partial charge in [-0.3, -0.25) is 43.2 Å². The number of amides is 9. The van der Waals surface area contributed by atoms with Gasteiger partial charge in [0.15, 0.2) is 0 Å². The van der Waals surface area contributed by atoms with Crippen LogP contribution in [0.4, 0.5) is 8.78 Å². The van der Waals surface area contributed by atoms with E-state index < -0.39 is 102 Å². The molecule has 9 amide bonds. The maximum atomic E-state index is 15.2. The SMILES string of the molecule is C[C@@H]1NC(=O)[C@@H]2CCCN2C(=O)[C@H](Cc2c[nH]c3ccc(F)cc23)NC(=O)[C@H](Cc2c[nH]c3ccc(F)cc23)NC(=O)CNC(=O)[C@H]2CCCN2C(=O)CCSCc2cccc(c2)CSCCNC(=O)[C@@H]2CCCN2C(=O)[C@H](Cc2ccc(O)cc2)NC1=O. The molecule has 0 radical (unpaired) electrons. The van der Waals surface area contributed by atoms with Crippen LogP contribution in [-0.4, -0.2) is 169 Å². The van der Waals surface area contributed by atoms with Crippen molar-refractivity contribution in [3.63, 3.8) is 0 Å². The Morgan fingerprint density at radius 2 is 1.07 bits per heavy atom. The van der Waals surface area contributed by atoms with Gasteiger partial charge in [-0.25, -0.2) is 8.78 Å². The van der Waals surface area contributed by atoms with Crippen LogP contribution in [0, 0.1) is 11.6 Å². The summed E-state index contributed by atoms with van der Waals surface area (Å²) in [6.45, 7) is 1.85. The number of carbonyl (C=O) groups excluding carboxylic acids is 9. The van der Waals surface area contributed by atoms with Crippen molar-refractivity contribution in [1.29, 1.82) is 0 Å². The van der Waals surface area contributed by atoms with Crippen LogP contribution < -0.4 is 31.9 Å². The van der Waals surface area contributed by atoms with Gasteiger partial charge in [-0.1, -0.05) is 36.4 Å². The molecule has 0 unspecified atom stereocenters. The fourth-order valence-corrected chi connectivity index (χ4v) is 13.9. The molecule has 4 aliphatic heterocycles. The van der Waals surface area contributed by atoms with E-state index in [1.807, 2.05) is 18.2 Å². The lowest BCUT2D eigenvalue weighted by molar-refractivity contribution is -0.143. The van der Waals surface area contributed by atoms with Crippen molar-refractivity contribution >= 4 is 98.5 Å². The van der Waals surface area contributed by atoms with E-state index in [1.54, 1.807) is 48.1 Å². The molecule has 6 heterocycles. The van der Waals surface area contributed by atoms with Crippen LogP contribution in [0.5, 0.6) is 5.75 Å². The minimum atomic E-state index is -1.46. The predicted molar refractivity (Wildman–Crippen MR) is 333 cm³/mol. The van der Waals surface area contributed by atoms with Gasteiger partial charge in [0.05, 0.1) is 6.54 Å². The Morgan fingerprint density at radius 3 is 1.69 bits per heavy atom. The molecule has 0 saturated carbocycles. The van der Waals surface area contributed by atoms with E-state index in [1.165, 1.54) is 70.2 Å². The summed E-state index contributed by atoms with van der Waals surface area (Å²) in [5.41, 5.74) is 4.69. The third-order valence-electron chi connectivity index (χ3n) is 16.8. The maximum absolute atomic E-state index is 15.2. The molecule has 6 aromatic rings. The first-order valence-electron chi connectivity index (χ1n) is 30.1. The normalized spacial score (nSPS) is 24.1. The number of thioether (sulfide) groups is 2. The van der Waals surface area contributed by atoms with E-state index in [-0.39, 0.29) is 62.8 Å². The number of carbonyl (C=O) groups is 9. The predicted octanol–water partition coefficient (Wildman–Crippen LogP) is 4.40. The molecule has 3 fully saturated rings. The Bertz CT molecular complexity index is 3620. The number of rotatable bonds is 6. The number of halogens is 2. The summed E-state index contributed by atoms with van der Waals surface area (Å²) in [6, 6.07) is 14.2. The second-order valence-corrected chi connectivity index (χ2v) is 25.3. The molecule has 21 nitrogen and oxygen atoms in total. The van der Waals surface area contributed by atoms with E-state index in [0.29, 0.717) is 107 Å². The molecular weight excluding hydrogens is 1180 g/mol. The highest BCUT2D eigenvalue weighted by Gasteiger charge is 2.42. The minimum absolute atomic E-state index is 0.00621. The lowest BCUT2D eigenvalue weighted by atomic mass is 10.0. The third kappa shape index (κ3) is 15.9. The number of aromatic hydroxyl groups is 1. The van der Waals surface area contributed by atoms with Gasteiger partial charge in [0, 0.05) is 109 Å². The lowest BCUT2D eigenvalue weighted by Gasteiger charge is -2.31. The van der Waals surface area contributed by atoms with Crippen molar-refractivity contribution in [3.8, 4) is 5.75 Å². The molecule has 470 valence electrons. The lowest BCUT2D eigenvalue weighted by Crippen LogP contribution is -2.59. The van der Waals surface area contributed by atoms with E-state index in [2.05, 4.69) is 47.9 Å². The van der Waals surface area contributed by atoms with Crippen LogP contribution in [0.1, 0.15) is 79.7 Å². The van der Waals surface area contributed by atoms with Gasteiger partial charge in [-0.2, -0.15) is 23.5 Å². The number of nitrogens with one attached hydrogen (secondary N) is 8. The summed E-state index contributed by atoms with van der Waals surface area (Å²) < 4.78 is 29.6. The number of aromatic nitrogens is 2. The molecule has 10 rings (SSSR count). The quantitative estimate of drug-likeness (QED) is 0.112. The fraction of sp³-hybridized carbons (Fsp3) is 0.422. The first kappa shape index (κ1) is 63.6. The van der Waals surface area contributed by atoms with Crippen molar-refractivity contribution in [2.24, 2.45) is 0 Å². The number of nitrogens with zero attached hydrogens (tertiary/aromatic N) is 3. The molecule has 9 N–H and O–H groups in total. The van der Waals surface area contributed by atoms with Crippen LogP contribution >= 0.6 is 23.5 Å². The topological polar surface area (TPSA) is 287 Å². The number of hydrogen-bond acceptors (Lipinski definition) is 12. The number of H-pyrrole nitrogens is 2. The third-order valence-corrected chi connectivity index (χ3v) is 18.9.